The molecular formula is C27H34N4O. The van der Waals surface area contributed by atoms with Gasteiger partial charge in [0.1, 0.15) is 11.3 Å². The second-order valence-electron chi connectivity index (χ2n) is 8.45. The number of nitrogens with two attached hydrogens (primary N) is 1. The third kappa shape index (κ3) is 5.28. The van der Waals surface area contributed by atoms with Gasteiger partial charge < -0.3 is 15.0 Å². The first-order valence-electron chi connectivity index (χ1n) is 11.9. The molecule has 0 saturated carbocycles. The molecule has 2 aromatic carbocycles. The number of pyridine rings is 1. The Morgan fingerprint density at radius 3 is 2.47 bits per heavy atom. The maximum Gasteiger partial charge on any atom is 0.152 e. The molecule has 0 saturated heterocycles. The standard InChI is InChI=1S/C27H34N4O/c1-2-3-4-5-6-10-17-24-30-25-26(22-15-11-12-16-23(22)29-27(25)28)31(24)18-19-32-20-21-13-8-7-9-14-21/h7-9,11-16H,2-6,10,17-20H2,1H3,(H2,28,29). The fourth-order valence-electron chi connectivity index (χ4n) is 4.32. The van der Waals surface area contributed by atoms with Crippen molar-refractivity contribution < 1.29 is 4.74 Å². The van der Waals surface area contributed by atoms with Gasteiger partial charge in [-0.3, -0.25) is 0 Å². The Kier molecular flexibility index (Phi) is 7.73. The zero-order valence-electron chi connectivity index (χ0n) is 19.1. The van der Waals surface area contributed by atoms with Gasteiger partial charge in [-0.15, -0.1) is 0 Å². The van der Waals surface area contributed by atoms with E-state index in [0.29, 0.717) is 19.0 Å². The highest BCUT2D eigenvalue weighted by molar-refractivity contribution is 6.06. The second kappa shape index (κ2) is 11.1. The summed E-state index contributed by atoms with van der Waals surface area (Å²) >= 11 is 0. The summed E-state index contributed by atoms with van der Waals surface area (Å²) < 4.78 is 8.33. The summed E-state index contributed by atoms with van der Waals surface area (Å²) in [6.45, 7) is 4.25. The van der Waals surface area contributed by atoms with Crippen molar-refractivity contribution in [2.75, 3.05) is 12.3 Å². The lowest BCUT2D eigenvalue weighted by Gasteiger charge is -2.12. The van der Waals surface area contributed by atoms with Crippen molar-refractivity contribution in [1.29, 1.82) is 0 Å². The van der Waals surface area contributed by atoms with Crippen LogP contribution in [0.5, 0.6) is 0 Å². The lowest BCUT2D eigenvalue weighted by Crippen LogP contribution is -2.10. The Morgan fingerprint density at radius 1 is 0.875 bits per heavy atom. The summed E-state index contributed by atoms with van der Waals surface area (Å²) in [6.07, 6.45) is 8.55. The van der Waals surface area contributed by atoms with E-state index in [1.54, 1.807) is 0 Å². The number of nitrogen functional groups attached to an aromatic ring is 1. The highest BCUT2D eigenvalue weighted by Crippen LogP contribution is 2.29. The average molecular weight is 431 g/mol. The van der Waals surface area contributed by atoms with Crippen molar-refractivity contribution in [2.45, 2.75) is 65.0 Å². The Bertz CT molecular complexity index is 1140. The van der Waals surface area contributed by atoms with Crippen molar-refractivity contribution in [2.24, 2.45) is 0 Å². The lowest BCUT2D eigenvalue weighted by molar-refractivity contribution is 0.113. The predicted molar refractivity (Wildman–Crippen MR) is 133 cm³/mol. The number of rotatable bonds is 12. The first-order chi connectivity index (χ1) is 15.8. The third-order valence-corrected chi connectivity index (χ3v) is 6.01. The van der Waals surface area contributed by atoms with Gasteiger partial charge in [0.05, 0.1) is 24.2 Å². The van der Waals surface area contributed by atoms with Crippen LogP contribution in [0.3, 0.4) is 0 Å². The summed E-state index contributed by atoms with van der Waals surface area (Å²) in [6, 6.07) is 18.5. The zero-order chi connectivity index (χ0) is 22.2. The monoisotopic (exact) mass is 430 g/mol. The van der Waals surface area contributed by atoms with E-state index < -0.39 is 0 Å². The number of hydrogen-bond acceptors (Lipinski definition) is 4. The maximum atomic E-state index is 6.33. The van der Waals surface area contributed by atoms with Gasteiger partial charge in [-0.1, -0.05) is 87.6 Å². The largest absolute Gasteiger partial charge is 0.382 e. The predicted octanol–water partition coefficient (Wildman–Crippen LogP) is 6.29. The van der Waals surface area contributed by atoms with E-state index in [1.807, 2.05) is 30.3 Å². The molecule has 0 bridgehead atoms. The molecule has 2 N–H and O–H groups in total. The van der Waals surface area contributed by atoms with Crippen LogP contribution in [0.25, 0.3) is 21.9 Å². The van der Waals surface area contributed by atoms with Crippen molar-refractivity contribution in [3.63, 3.8) is 0 Å². The van der Waals surface area contributed by atoms with Gasteiger partial charge in [0.25, 0.3) is 0 Å². The zero-order valence-corrected chi connectivity index (χ0v) is 19.1. The highest BCUT2D eigenvalue weighted by Gasteiger charge is 2.17. The summed E-state index contributed by atoms with van der Waals surface area (Å²) in [5, 5.41) is 1.10. The first kappa shape index (κ1) is 22.3. The quantitative estimate of drug-likeness (QED) is 0.268. The number of hydrogen-bond donors (Lipinski definition) is 1. The van der Waals surface area contributed by atoms with E-state index in [0.717, 1.165) is 47.1 Å². The SMILES string of the molecule is CCCCCCCCc1nc2c(N)nc3ccccc3c2n1CCOCc1ccccc1. The summed E-state index contributed by atoms with van der Waals surface area (Å²) in [7, 11) is 0. The van der Waals surface area contributed by atoms with Crippen LogP contribution in [0.4, 0.5) is 5.82 Å². The van der Waals surface area contributed by atoms with Crippen LogP contribution in [0.1, 0.15) is 56.8 Å². The molecule has 0 unspecified atom stereocenters. The Labute approximate surface area is 190 Å². The van der Waals surface area contributed by atoms with Gasteiger partial charge in [-0.05, 0) is 18.1 Å². The molecule has 4 rings (SSSR count). The molecule has 0 radical (unpaired) electrons. The molecule has 2 heterocycles. The summed E-state index contributed by atoms with van der Waals surface area (Å²) in [5.41, 5.74) is 10.3. The molecule has 168 valence electrons. The van der Waals surface area contributed by atoms with E-state index >= 15 is 0 Å². The number of anilines is 1. The number of ether oxygens (including phenoxy) is 1. The normalized spacial score (nSPS) is 11.5. The van der Waals surface area contributed by atoms with Crippen LogP contribution in [0.2, 0.25) is 0 Å². The number of imidazole rings is 1. The average Bonchev–Trinajstić information content (AvgIpc) is 3.19. The number of nitrogens with zero attached hydrogens (tertiary/aromatic N) is 3. The number of unbranched alkanes of at least 4 members (excludes halogenated alkanes) is 5. The number of fused-ring (bicyclic) bond motifs is 3. The lowest BCUT2D eigenvalue weighted by atomic mass is 10.1. The molecule has 32 heavy (non-hydrogen) atoms. The molecule has 0 fully saturated rings. The maximum absolute atomic E-state index is 6.33. The minimum Gasteiger partial charge on any atom is -0.382 e. The van der Waals surface area contributed by atoms with Crippen LogP contribution in [0, 0.1) is 0 Å². The summed E-state index contributed by atoms with van der Waals surface area (Å²) in [5.74, 6) is 1.59. The van der Waals surface area contributed by atoms with Gasteiger partial charge in [-0.25, -0.2) is 9.97 Å². The Balaban J connectivity index is 1.55. The minimum absolute atomic E-state index is 0.506. The van der Waals surface area contributed by atoms with Crippen LogP contribution in [0.15, 0.2) is 54.6 Å². The third-order valence-electron chi connectivity index (χ3n) is 6.01. The van der Waals surface area contributed by atoms with Crippen molar-refractivity contribution in [3.8, 4) is 0 Å². The molecule has 4 aromatic rings. The minimum atomic E-state index is 0.506. The van der Waals surface area contributed by atoms with E-state index in [9.17, 15) is 0 Å². The van der Waals surface area contributed by atoms with Crippen molar-refractivity contribution >= 4 is 27.8 Å². The van der Waals surface area contributed by atoms with Gasteiger partial charge in [-0.2, -0.15) is 0 Å². The molecule has 0 aliphatic rings. The topological polar surface area (TPSA) is 66.0 Å². The molecule has 0 spiro atoms. The molecule has 0 aliphatic heterocycles. The van der Waals surface area contributed by atoms with Crippen molar-refractivity contribution in [1.82, 2.24) is 14.5 Å². The van der Waals surface area contributed by atoms with Crippen LogP contribution in [-0.2, 0) is 24.3 Å². The first-order valence-corrected chi connectivity index (χ1v) is 11.9. The van der Waals surface area contributed by atoms with Crippen LogP contribution in [-0.4, -0.2) is 21.1 Å². The fraction of sp³-hybridized carbons (Fsp3) is 0.407. The highest BCUT2D eigenvalue weighted by atomic mass is 16.5. The van der Waals surface area contributed by atoms with Crippen LogP contribution >= 0.6 is 0 Å². The smallest absolute Gasteiger partial charge is 0.152 e. The molecule has 0 aliphatic carbocycles. The Morgan fingerprint density at radius 2 is 1.62 bits per heavy atom. The molecule has 5 heteroatoms. The van der Waals surface area contributed by atoms with E-state index in [-0.39, 0.29) is 0 Å². The van der Waals surface area contributed by atoms with Gasteiger partial charge >= 0.3 is 0 Å². The molecule has 5 nitrogen and oxygen atoms in total. The fourth-order valence-corrected chi connectivity index (χ4v) is 4.32. The number of benzene rings is 2. The van der Waals surface area contributed by atoms with Crippen molar-refractivity contribution in [3.05, 3.63) is 66.0 Å². The molecule has 2 aromatic heterocycles. The van der Waals surface area contributed by atoms with E-state index in [1.165, 1.54) is 37.7 Å². The van der Waals surface area contributed by atoms with Gasteiger partial charge in [0, 0.05) is 18.4 Å². The second-order valence-corrected chi connectivity index (χ2v) is 8.45. The van der Waals surface area contributed by atoms with E-state index in [4.69, 9.17) is 15.5 Å². The molecule has 0 amide bonds. The number of aryl methyl sites for hydroxylation is 1. The molecule has 0 atom stereocenters. The number of para-hydroxylation sites is 1. The number of aromatic nitrogens is 3. The van der Waals surface area contributed by atoms with Gasteiger partial charge in [0.2, 0.25) is 0 Å². The Hall–Kier alpha value is -2.92. The summed E-state index contributed by atoms with van der Waals surface area (Å²) in [4.78, 5) is 9.55. The van der Waals surface area contributed by atoms with Crippen LogP contribution < -0.4 is 5.73 Å². The van der Waals surface area contributed by atoms with E-state index in [2.05, 4.69) is 40.7 Å². The molecular weight excluding hydrogens is 396 g/mol. The van der Waals surface area contributed by atoms with Gasteiger partial charge in [0.15, 0.2) is 5.82 Å².